The van der Waals surface area contributed by atoms with Crippen LogP contribution in [0.15, 0.2) is 30.3 Å². The number of primary amides is 1. The van der Waals surface area contributed by atoms with Crippen LogP contribution in [0.5, 0.6) is 0 Å². The number of ether oxygens (including phenoxy) is 2. The highest BCUT2D eigenvalue weighted by Gasteiger charge is 2.43. The first-order valence-corrected chi connectivity index (χ1v) is 19.7. The number of amides is 6. The maximum absolute atomic E-state index is 14.3. The molecule has 0 aromatic heterocycles. The van der Waals surface area contributed by atoms with Crippen LogP contribution in [-0.2, 0) is 49.5 Å². The van der Waals surface area contributed by atoms with Crippen LogP contribution in [0.2, 0.25) is 0 Å². The molecule has 17 heteroatoms. The molecule has 1 saturated heterocycles. The highest BCUT2D eigenvalue weighted by atomic mass is 16.6. The zero-order valence-electron chi connectivity index (χ0n) is 35.4. The third kappa shape index (κ3) is 13.2. The van der Waals surface area contributed by atoms with E-state index in [-0.39, 0.29) is 30.6 Å². The monoisotopic (exact) mass is 805 g/mol. The zero-order chi connectivity index (χ0) is 43.1. The molecule has 1 aliphatic heterocycles. The Balaban J connectivity index is 2.29. The SMILES string of the molecule is CC[C@H](C)[C@@H]([C@@H](CC(=O)N1CCC[C@H]1[C@H](OC)[C@@H](C)C(=O)N[C@@H](Cc1ccccc1)C(N)=O)OC)N(C)C(=O)[C@@H](NC(=O)C(C(C)C)N(C)C(=O)CON)[C@H](C)N. The average Bonchev–Trinajstić information content (AvgIpc) is 3.66. The largest absolute Gasteiger partial charge is 0.379 e. The number of carbonyl (C=O) groups is 6. The Morgan fingerprint density at radius 2 is 1.56 bits per heavy atom. The molecule has 1 aromatic rings. The van der Waals surface area contributed by atoms with Gasteiger partial charge in [0, 0.05) is 47.3 Å². The molecule has 0 spiro atoms. The summed E-state index contributed by atoms with van der Waals surface area (Å²) in [5, 5.41) is 5.56. The van der Waals surface area contributed by atoms with Gasteiger partial charge in [-0.1, -0.05) is 71.4 Å². The first-order chi connectivity index (χ1) is 26.9. The van der Waals surface area contributed by atoms with Gasteiger partial charge in [0.15, 0.2) is 0 Å². The van der Waals surface area contributed by atoms with Gasteiger partial charge in [-0.2, -0.15) is 0 Å². The second kappa shape index (κ2) is 23.3. The molecule has 1 unspecified atom stereocenters. The predicted molar refractivity (Wildman–Crippen MR) is 215 cm³/mol. The van der Waals surface area contributed by atoms with Gasteiger partial charge in [-0.15, -0.1) is 0 Å². The standard InChI is InChI=1S/C40H68N8O9/c1-11-24(4)35(47(8)40(54)33(26(6)41)45-39(53)34(23(2)3)46(7)32(50)22-57-43)30(55-9)21-31(49)48-19-15-18-29(48)36(56-10)25(5)38(52)44-28(37(42)51)20-27-16-13-12-14-17-27/h12-14,16-17,23-26,28-30,33-36H,11,15,18-22,41,43H2,1-10H3,(H2,42,51)(H,44,52)(H,45,53)/t24-,25+,26-,28-,29-,30+,33-,34?,35-,36+/m0/s1. The molecule has 322 valence electrons. The summed E-state index contributed by atoms with van der Waals surface area (Å²) in [6.45, 7) is 10.8. The highest BCUT2D eigenvalue weighted by Crippen LogP contribution is 2.29. The van der Waals surface area contributed by atoms with Crippen molar-refractivity contribution in [1.29, 1.82) is 0 Å². The minimum Gasteiger partial charge on any atom is -0.379 e. The average molecular weight is 805 g/mol. The molecule has 1 aliphatic rings. The van der Waals surface area contributed by atoms with Crippen LogP contribution in [-0.4, -0.2) is 140 Å². The molecule has 1 heterocycles. The van der Waals surface area contributed by atoms with Crippen molar-refractivity contribution in [2.45, 2.75) is 122 Å². The van der Waals surface area contributed by atoms with E-state index in [9.17, 15) is 28.8 Å². The van der Waals surface area contributed by atoms with Gasteiger partial charge in [0.1, 0.15) is 24.7 Å². The smallest absolute Gasteiger partial charge is 0.251 e. The van der Waals surface area contributed by atoms with Crippen molar-refractivity contribution in [2.24, 2.45) is 35.1 Å². The molecule has 6 amide bonds. The summed E-state index contributed by atoms with van der Waals surface area (Å²) in [4.78, 5) is 89.4. The molecule has 0 bridgehead atoms. The van der Waals surface area contributed by atoms with Gasteiger partial charge in [-0.25, -0.2) is 5.90 Å². The van der Waals surface area contributed by atoms with Gasteiger partial charge in [0.05, 0.1) is 36.6 Å². The number of hydrogen-bond donors (Lipinski definition) is 5. The summed E-state index contributed by atoms with van der Waals surface area (Å²) in [6.07, 6.45) is 0.595. The quantitative estimate of drug-likeness (QED) is 0.0945. The van der Waals surface area contributed by atoms with E-state index >= 15 is 0 Å². The first kappa shape index (κ1) is 49.0. The highest BCUT2D eigenvalue weighted by molar-refractivity contribution is 5.93. The number of nitrogens with one attached hydrogen (secondary N) is 2. The normalized spacial score (nSPS) is 19.0. The van der Waals surface area contributed by atoms with Gasteiger partial charge < -0.3 is 46.3 Å². The van der Waals surface area contributed by atoms with E-state index in [0.717, 1.165) is 5.56 Å². The Morgan fingerprint density at radius 3 is 2.07 bits per heavy atom. The van der Waals surface area contributed by atoms with Crippen molar-refractivity contribution in [3.05, 3.63) is 35.9 Å². The van der Waals surface area contributed by atoms with Crippen molar-refractivity contribution in [3.8, 4) is 0 Å². The summed E-state index contributed by atoms with van der Waals surface area (Å²) >= 11 is 0. The number of likely N-dealkylation sites (tertiary alicyclic amines) is 1. The Morgan fingerprint density at radius 1 is 0.930 bits per heavy atom. The fraction of sp³-hybridized carbons (Fsp3) is 0.700. The molecule has 2 rings (SSSR count). The van der Waals surface area contributed by atoms with E-state index in [0.29, 0.717) is 25.8 Å². The second-order valence-electron chi connectivity index (χ2n) is 15.6. The fourth-order valence-corrected chi connectivity index (χ4v) is 7.81. The number of likely N-dealkylation sites (N-methyl/N-ethyl adjacent to an activating group) is 2. The van der Waals surface area contributed by atoms with Crippen LogP contribution < -0.4 is 28.0 Å². The van der Waals surface area contributed by atoms with Crippen LogP contribution in [0.4, 0.5) is 0 Å². The van der Waals surface area contributed by atoms with Crippen LogP contribution >= 0.6 is 0 Å². The van der Waals surface area contributed by atoms with Crippen molar-refractivity contribution < 1.29 is 43.1 Å². The summed E-state index contributed by atoms with van der Waals surface area (Å²) in [5.74, 6) is 0.972. The summed E-state index contributed by atoms with van der Waals surface area (Å²) in [6, 6.07) is 4.31. The minimum absolute atomic E-state index is 0.0851. The van der Waals surface area contributed by atoms with Crippen molar-refractivity contribution in [3.63, 3.8) is 0 Å². The number of hydrogen-bond acceptors (Lipinski definition) is 11. The Labute approximate surface area is 337 Å². The Bertz CT molecular complexity index is 1480. The molecule has 10 atom stereocenters. The van der Waals surface area contributed by atoms with Gasteiger partial charge in [-0.05, 0) is 37.2 Å². The Hall–Kier alpha value is -4.16. The third-order valence-corrected chi connectivity index (χ3v) is 11.2. The van der Waals surface area contributed by atoms with Gasteiger partial charge in [-0.3, -0.25) is 33.6 Å². The third-order valence-electron chi connectivity index (χ3n) is 11.2. The lowest BCUT2D eigenvalue weighted by atomic mass is 9.89. The Kier molecular flexibility index (Phi) is 20.0. The van der Waals surface area contributed by atoms with E-state index < -0.39 is 90.5 Å². The molecule has 57 heavy (non-hydrogen) atoms. The molecule has 8 N–H and O–H groups in total. The summed E-state index contributed by atoms with van der Waals surface area (Å²) in [5.41, 5.74) is 12.8. The predicted octanol–water partition coefficient (Wildman–Crippen LogP) is 0.325. The minimum atomic E-state index is -1.17. The van der Waals surface area contributed by atoms with Crippen molar-refractivity contribution in [1.82, 2.24) is 25.3 Å². The van der Waals surface area contributed by atoms with E-state index in [4.69, 9.17) is 26.8 Å². The van der Waals surface area contributed by atoms with Crippen molar-refractivity contribution in [2.75, 3.05) is 41.5 Å². The second-order valence-corrected chi connectivity index (χ2v) is 15.6. The number of methoxy groups -OCH3 is 2. The van der Waals surface area contributed by atoms with E-state index in [1.165, 1.54) is 31.1 Å². The molecule has 1 fully saturated rings. The molecule has 0 saturated carbocycles. The number of rotatable bonds is 23. The summed E-state index contributed by atoms with van der Waals surface area (Å²) < 4.78 is 11.8. The molecule has 1 aromatic carbocycles. The summed E-state index contributed by atoms with van der Waals surface area (Å²) in [7, 11) is 6.03. The molecular formula is C40H68N8O9. The van der Waals surface area contributed by atoms with Crippen LogP contribution in [0.1, 0.15) is 72.8 Å². The molecule has 17 nitrogen and oxygen atoms in total. The number of nitrogens with zero attached hydrogens (tertiary/aromatic N) is 3. The molecule has 0 radical (unpaired) electrons. The lowest BCUT2D eigenvalue weighted by Crippen LogP contribution is -2.63. The van der Waals surface area contributed by atoms with Crippen LogP contribution in [0, 0.1) is 17.8 Å². The van der Waals surface area contributed by atoms with Crippen LogP contribution in [0.3, 0.4) is 0 Å². The van der Waals surface area contributed by atoms with E-state index in [1.54, 1.807) is 39.6 Å². The molecular weight excluding hydrogens is 736 g/mol. The van der Waals surface area contributed by atoms with Crippen LogP contribution in [0.25, 0.3) is 0 Å². The van der Waals surface area contributed by atoms with Gasteiger partial charge >= 0.3 is 0 Å². The lowest BCUT2D eigenvalue weighted by molar-refractivity contribution is -0.148. The van der Waals surface area contributed by atoms with Gasteiger partial charge in [0.25, 0.3) is 5.91 Å². The van der Waals surface area contributed by atoms with Crippen molar-refractivity contribution >= 4 is 35.4 Å². The topological polar surface area (TPSA) is 242 Å². The molecule has 0 aliphatic carbocycles. The number of carbonyl (C=O) groups excluding carboxylic acids is 6. The van der Waals surface area contributed by atoms with Gasteiger partial charge in [0.2, 0.25) is 29.5 Å². The lowest BCUT2D eigenvalue weighted by Gasteiger charge is -2.41. The maximum atomic E-state index is 14.3. The first-order valence-electron chi connectivity index (χ1n) is 19.7. The zero-order valence-corrected chi connectivity index (χ0v) is 35.4. The van der Waals surface area contributed by atoms with E-state index in [1.807, 2.05) is 44.2 Å². The fourth-order valence-electron chi connectivity index (χ4n) is 7.81. The maximum Gasteiger partial charge on any atom is 0.251 e. The van der Waals surface area contributed by atoms with E-state index in [2.05, 4.69) is 15.5 Å². The number of benzene rings is 1. The number of nitrogens with two attached hydrogens (primary N) is 3.